The highest BCUT2D eigenvalue weighted by molar-refractivity contribution is 5.87. The zero-order valence-corrected chi connectivity index (χ0v) is 17.8. The Morgan fingerprint density at radius 3 is 2.29 bits per heavy atom. The fourth-order valence-corrected chi connectivity index (χ4v) is 3.52. The zero-order valence-electron chi connectivity index (χ0n) is 17.8. The lowest BCUT2D eigenvalue weighted by Gasteiger charge is -2.22. The minimum absolute atomic E-state index is 0.0474. The second-order valence-electron chi connectivity index (χ2n) is 6.97. The smallest absolute Gasteiger partial charge is 0.325 e. The summed E-state index contributed by atoms with van der Waals surface area (Å²) in [6.07, 6.45) is 3.04. The first-order valence-corrected chi connectivity index (χ1v) is 10.0. The van der Waals surface area contributed by atoms with Crippen LogP contribution in [0.25, 0.3) is 0 Å². The van der Waals surface area contributed by atoms with Crippen LogP contribution in [0.4, 0.5) is 0 Å². The largest absolute Gasteiger partial charge is 0.393 e. The molecule has 0 heterocycles. The number of benzene rings is 1. The minimum Gasteiger partial charge on any atom is -0.393 e. The summed E-state index contributed by atoms with van der Waals surface area (Å²) in [6.45, 7) is 3.99. The molecule has 0 aliphatic rings. The third-order valence-corrected chi connectivity index (χ3v) is 4.91. The summed E-state index contributed by atoms with van der Waals surface area (Å²) >= 11 is 0. The van der Waals surface area contributed by atoms with Crippen molar-refractivity contribution in [2.75, 3.05) is 0 Å². The Bertz CT molecular complexity index is 824. The van der Waals surface area contributed by atoms with Crippen LogP contribution in [0.1, 0.15) is 67.7 Å². The van der Waals surface area contributed by atoms with Gasteiger partial charge in [0.1, 0.15) is 6.29 Å². The fourth-order valence-electron chi connectivity index (χ4n) is 3.52. The van der Waals surface area contributed by atoms with Gasteiger partial charge in [-0.3, -0.25) is 14.4 Å². The summed E-state index contributed by atoms with van der Waals surface area (Å²) in [6, 6.07) is 2.69. The van der Waals surface area contributed by atoms with Gasteiger partial charge in [0.15, 0.2) is 0 Å². The molecule has 0 saturated heterocycles. The van der Waals surface area contributed by atoms with Gasteiger partial charge in [0, 0.05) is 6.42 Å². The van der Waals surface area contributed by atoms with E-state index >= 15 is 0 Å². The Labute approximate surface area is 181 Å². The summed E-state index contributed by atoms with van der Waals surface area (Å²) in [5, 5.41) is 3.60. The molecule has 0 aliphatic carbocycles. The maximum atomic E-state index is 12.1. The van der Waals surface area contributed by atoms with Crippen molar-refractivity contribution in [2.24, 2.45) is 22.6 Å². The van der Waals surface area contributed by atoms with E-state index in [4.69, 9.17) is 22.2 Å². The molecule has 0 fully saturated rings. The number of esters is 2. The highest BCUT2D eigenvalue weighted by atomic mass is 16.7. The number of carbonyl (C=O) groups excluding carboxylic acids is 4. The van der Waals surface area contributed by atoms with E-state index in [2.05, 4.69) is 9.94 Å². The van der Waals surface area contributed by atoms with Crippen LogP contribution >= 0.6 is 0 Å². The standard InChI is InChI=1S/C21H30N4O6/c1-3-16-14(11-25-23)5-7-18(17(16)4-2)13(9-21(29)31-24)6-8-19(27)30-20(28)10-15(22)12-26/h5,7,11-13,15H,3-4,6,8-10,22-24H2,1-2H3. The van der Waals surface area contributed by atoms with Gasteiger partial charge < -0.3 is 25.9 Å². The van der Waals surface area contributed by atoms with Crippen LogP contribution in [0.3, 0.4) is 0 Å². The van der Waals surface area contributed by atoms with Crippen molar-refractivity contribution in [3.63, 3.8) is 0 Å². The third kappa shape index (κ3) is 7.91. The molecule has 1 rings (SSSR count). The molecule has 0 saturated carbocycles. The number of aldehydes is 1. The first-order chi connectivity index (χ1) is 14.8. The highest BCUT2D eigenvalue weighted by Crippen LogP contribution is 2.32. The zero-order chi connectivity index (χ0) is 23.4. The van der Waals surface area contributed by atoms with Crippen LogP contribution in [0.5, 0.6) is 0 Å². The first kappa shape index (κ1) is 25.9. The summed E-state index contributed by atoms with van der Waals surface area (Å²) in [4.78, 5) is 50.5. The number of hydrogen-bond acceptors (Lipinski definition) is 10. The number of hydrogen-bond donors (Lipinski definition) is 3. The summed E-state index contributed by atoms with van der Waals surface area (Å²) in [5.41, 5.74) is 9.17. The Balaban J connectivity index is 3.09. The molecule has 0 aliphatic heterocycles. The van der Waals surface area contributed by atoms with Gasteiger partial charge >= 0.3 is 17.9 Å². The van der Waals surface area contributed by atoms with Crippen LogP contribution in [0.15, 0.2) is 17.2 Å². The van der Waals surface area contributed by atoms with Crippen LogP contribution in [0.2, 0.25) is 0 Å². The number of nitrogens with two attached hydrogens (primary N) is 3. The summed E-state index contributed by atoms with van der Waals surface area (Å²) in [5.74, 6) is 7.66. The van der Waals surface area contributed by atoms with E-state index in [9.17, 15) is 19.2 Å². The maximum absolute atomic E-state index is 12.1. The normalized spacial score (nSPS) is 12.9. The molecular formula is C21H30N4O6. The van der Waals surface area contributed by atoms with Crippen molar-refractivity contribution in [3.05, 3.63) is 34.4 Å². The topological polar surface area (TPSA) is 177 Å². The molecule has 0 amide bonds. The molecular weight excluding hydrogens is 404 g/mol. The predicted molar refractivity (Wildman–Crippen MR) is 114 cm³/mol. The van der Waals surface area contributed by atoms with Gasteiger partial charge in [-0.2, -0.15) is 11.0 Å². The van der Waals surface area contributed by atoms with E-state index in [1.165, 1.54) is 0 Å². The van der Waals surface area contributed by atoms with Crippen molar-refractivity contribution in [2.45, 2.75) is 64.3 Å². The monoisotopic (exact) mass is 434 g/mol. The number of nitrogens with zero attached hydrogens (tertiary/aromatic N) is 1. The van der Waals surface area contributed by atoms with Crippen LogP contribution in [-0.4, -0.2) is 36.5 Å². The molecule has 0 aromatic heterocycles. The van der Waals surface area contributed by atoms with E-state index in [0.29, 0.717) is 12.7 Å². The molecule has 0 bridgehead atoms. The van der Waals surface area contributed by atoms with Crippen LogP contribution in [0, 0.1) is 0 Å². The predicted octanol–water partition coefficient (Wildman–Crippen LogP) is 0.761. The quantitative estimate of drug-likeness (QED) is 0.107. The van der Waals surface area contributed by atoms with Gasteiger partial charge in [-0.1, -0.05) is 26.0 Å². The Hall–Kier alpha value is -3.11. The molecule has 1 aromatic rings. The van der Waals surface area contributed by atoms with Crippen molar-refractivity contribution in [3.8, 4) is 0 Å². The highest BCUT2D eigenvalue weighted by Gasteiger charge is 2.24. The van der Waals surface area contributed by atoms with Crippen LogP contribution in [-0.2, 0) is 41.6 Å². The SMILES string of the molecule is CCc1c(C=NN)ccc(C(CCC(=O)OC(=O)CC(N)C=O)CC(=O)ON)c1CC. The maximum Gasteiger partial charge on any atom is 0.325 e. The molecule has 10 heteroatoms. The lowest BCUT2D eigenvalue weighted by Crippen LogP contribution is -2.27. The first-order valence-electron chi connectivity index (χ1n) is 10.0. The van der Waals surface area contributed by atoms with Crippen molar-refractivity contribution < 1.29 is 28.8 Å². The van der Waals surface area contributed by atoms with E-state index in [1.54, 1.807) is 6.21 Å². The molecule has 10 nitrogen and oxygen atoms in total. The van der Waals surface area contributed by atoms with Gasteiger partial charge in [0.25, 0.3) is 0 Å². The van der Waals surface area contributed by atoms with Gasteiger partial charge in [-0.15, -0.1) is 0 Å². The molecule has 170 valence electrons. The van der Waals surface area contributed by atoms with Crippen LogP contribution < -0.4 is 17.5 Å². The summed E-state index contributed by atoms with van der Waals surface area (Å²) < 4.78 is 4.70. The molecule has 2 atom stereocenters. The molecule has 0 radical (unpaired) electrons. The fraction of sp³-hybridized carbons (Fsp3) is 0.476. The average molecular weight is 434 g/mol. The molecule has 2 unspecified atom stereocenters. The van der Waals surface area contributed by atoms with Crippen molar-refractivity contribution in [1.82, 2.24) is 0 Å². The summed E-state index contributed by atoms with van der Waals surface area (Å²) in [7, 11) is 0. The Morgan fingerprint density at radius 2 is 1.74 bits per heavy atom. The Kier molecular flexibility index (Phi) is 11.1. The number of rotatable bonds is 12. The second-order valence-corrected chi connectivity index (χ2v) is 6.97. The molecule has 31 heavy (non-hydrogen) atoms. The minimum atomic E-state index is -1.03. The molecule has 1 aromatic carbocycles. The average Bonchev–Trinajstić information content (AvgIpc) is 2.75. The van der Waals surface area contributed by atoms with E-state index in [-0.39, 0.29) is 31.6 Å². The van der Waals surface area contributed by atoms with E-state index < -0.39 is 23.9 Å². The molecule has 0 spiro atoms. The number of ether oxygens (including phenoxy) is 1. The van der Waals surface area contributed by atoms with E-state index in [0.717, 1.165) is 28.7 Å². The van der Waals surface area contributed by atoms with Gasteiger partial charge in [0.05, 0.1) is 25.1 Å². The Morgan fingerprint density at radius 1 is 1.06 bits per heavy atom. The van der Waals surface area contributed by atoms with E-state index in [1.807, 2.05) is 26.0 Å². The molecule has 6 N–H and O–H groups in total. The lowest BCUT2D eigenvalue weighted by molar-refractivity contribution is -0.160. The van der Waals surface area contributed by atoms with Gasteiger partial charge in [-0.05, 0) is 47.4 Å². The third-order valence-electron chi connectivity index (χ3n) is 4.91. The van der Waals surface area contributed by atoms with Gasteiger partial charge in [0.2, 0.25) is 0 Å². The second kappa shape index (κ2) is 13.2. The van der Waals surface area contributed by atoms with Crippen molar-refractivity contribution >= 4 is 30.4 Å². The number of carbonyl (C=O) groups is 4. The number of hydrazone groups is 1. The van der Waals surface area contributed by atoms with Gasteiger partial charge in [-0.25, -0.2) is 0 Å². The van der Waals surface area contributed by atoms with Crippen molar-refractivity contribution in [1.29, 1.82) is 0 Å². The lowest BCUT2D eigenvalue weighted by atomic mass is 9.83.